The minimum Gasteiger partial charge on any atom is -0.480 e. The Bertz CT molecular complexity index is 311. The lowest BCUT2D eigenvalue weighted by Crippen LogP contribution is -2.22. The molecule has 1 rings (SSSR count). The smallest absolute Gasteiger partial charge is 0.383 e. The normalized spacial score (nSPS) is 11.3. The molecule has 0 fully saturated rings. The van der Waals surface area contributed by atoms with E-state index < -0.39 is 18.7 Å². The molecule has 0 unspecified atom stereocenters. The lowest BCUT2D eigenvalue weighted by atomic mass is 10.2. The number of ether oxygens (including phenoxy) is 1. The van der Waals surface area contributed by atoms with Crippen LogP contribution in [0.5, 0.6) is 0 Å². The van der Waals surface area contributed by atoms with E-state index in [1.54, 1.807) is 6.07 Å². The Kier molecular flexibility index (Phi) is 3.14. The molecule has 0 spiro atoms. The molecule has 5 heteroatoms. The average Bonchev–Trinajstić information content (AvgIpc) is 2.16. The summed E-state index contributed by atoms with van der Waals surface area (Å²) in [5, 5.41) is 8.17. The van der Waals surface area contributed by atoms with E-state index in [4.69, 9.17) is 5.11 Å². The molecule has 0 radical (unpaired) electrons. The maximum Gasteiger partial charge on any atom is 0.383 e. The van der Waals surface area contributed by atoms with Crippen LogP contribution in [0, 0.1) is 0 Å². The first-order valence-corrected chi connectivity index (χ1v) is 3.81. The lowest BCUT2D eigenvalue weighted by Gasteiger charge is -2.15. The Balaban J connectivity index is 2.70. The van der Waals surface area contributed by atoms with Gasteiger partial charge in [-0.2, -0.15) is 8.78 Å². The van der Waals surface area contributed by atoms with Crippen LogP contribution in [0.3, 0.4) is 0 Å². The van der Waals surface area contributed by atoms with Gasteiger partial charge in [0.05, 0.1) is 5.56 Å². The number of hydrogen-bond donors (Lipinski definition) is 1. The zero-order valence-corrected chi connectivity index (χ0v) is 7.11. The highest BCUT2D eigenvalue weighted by atomic mass is 19.3. The van der Waals surface area contributed by atoms with Crippen molar-refractivity contribution in [3.05, 3.63) is 35.9 Å². The summed E-state index contributed by atoms with van der Waals surface area (Å²) in [5.74, 6) is -1.43. The third-order valence-corrected chi connectivity index (χ3v) is 1.49. The third-order valence-electron chi connectivity index (χ3n) is 1.49. The molecule has 0 amide bonds. The van der Waals surface area contributed by atoms with Crippen molar-refractivity contribution in [2.45, 2.75) is 6.11 Å². The van der Waals surface area contributed by atoms with Gasteiger partial charge in [-0.3, -0.25) is 0 Å². The summed E-state index contributed by atoms with van der Waals surface area (Å²) in [6.07, 6.45) is -3.56. The Morgan fingerprint density at radius 1 is 1.36 bits per heavy atom. The molecule has 0 saturated carbocycles. The molecular formula is C9H8F2O3. The molecule has 1 aromatic carbocycles. The Hall–Kier alpha value is -1.49. The number of benzene rings is 1. The van der Waals surface area contributed by atoms with Gasteiger partial charge in [-0.05, 0) is 0 Å². The number of carboxylic acids is 1. The molecule has 76 valence electrons. The lowest BCUT2D eigenvalue weighted by molar-refractivity contribution is -0.249. The molecule has 0 bridgehead atoms. The number of rotatable bonds is 4. The van der Waals surface area contributed by atoms with Gasteiger partial charge >= 0.3 is 12.1 Å². The molecule has 3 nitrogen and oxygen atoms in total. The molecule has 0 aromatic heterocycles. The Morgan fingerprint density at radius 3 is 2.43 bits per heavy atom. The summed E-state index contributed by atoms with van der Waals surface area (Å²) in [5.41, 5.74) is -0.360. The van der Waals surface area contributed by atoms with Crippen LogP contribution in [0.1, 0.15) is 5.56 Å². The fourth-order valence-electron chi connectivity index (χ4n) is 0.868. The van der Waals surface area contributed by atoms with Crippen LogP contribution in [-0.2, 0) is 15.6 Å². The maximum atomic E-state index is 13.0. The summed E-state index contributed by atoms with van der Waals surface area (Å²) in [4.78, 5) is 10.0. The highest BCUT2D eigenvalue weighted by Gasteiger charge is 2.33. The molecule has 0 aliphatic heterocycles. The largest absolute Gasteiger partial charge is 0.480 e. The van der Waals surface area contributed by atoms with Gasteiger partial charge in [0.25, 0.3) is 0 Å². The van der Waals surface area contributed by atoms with E-state index in [9.17, 15) is 13.6 Å². The first kappa shape index (κ1) is 10.6. The number of aliphatic carboxylic acids is 1. The molecule has 0 saturated heterocycles. The van der Waals surface area contributed by atoms with Crippen molar-refractivity contribution in [1.29, 1.82) is 0 Å². The summed E-state index contributed by atoms with van der Waals surface area (Å²) in [6.45, 7) is -1.03. The predicted molar refractivity (Wildman–Crippen MR) is 43.9 cm³/mol. The second kappa shape index (κ2) is 4.15. The van der Waals surface area contributed by atoms with Gasteiger partial charge < -0.3 is 9.84 Å². The highest BCUT2D eigenvalue weighted by molar-refractivity contribution is 5.68. The van der Waals surface area contributed by atoms with E-state index >= 15 is 0 Å². The van der Waals surface area contributed by atoms with E-state index in [1.807, 2.05) is 0 Å². The number of hydrogen-bond acceptors (Lipinski definition) is 2. The number of halogens is 2. The van der Waals surface area contributed by atoms with E-state index in [0.29, 0.717) is 0 Å². The third kappa shape index (κ3) is 2.77. The van der Waals surface area contributed by atoms with Gasteiger partial charge in [-0.15, -0.1) is 0 Å². The summed E-state index contributed by atoms with van der Waals surface area (Å²) in [6, 6.07) is 6.77. The van der Waals surface area contributed by atoms with Crippen LogP contribution in [0.15, 0.2) is 30.3 Å². The summed E-state index contributed by atoms with van der Waals surface area (Å²) in [7, 11) is 0. The predicted octanol–water partition coefficient (Wildman–Crippen LogP) is 1.84. The van der Waals surface area contributed by atoms with Gasteiger partial charge in [-0.25, -0.2) is 4.79 Å². The number of alkyl halides is 2. The van der Waals surface area contributed by atoms with Gasteiger partial charge in [0, 0.05) is 0 Å². The van der Waals surface area contributed by atoms with E-state index in [0.717, 1.165) is 0 Å². The van der Waals surface area contributed by atoms with Gasteiger partial charge in [0.1, 0.15) is 0 Å². The van der Waals surface area contributed by atoms with Crippen LogP contribution in [-0.4, -0.2) is 17.7 Å². The monoisotopic (exact) mass is 202 g/mol. The van der Waals surface area contributed by atoms with Crippen molar-refractivity contribution in [3.63, 3.8) is 0 Å². The standard InChI is InChI=1S/C9H8F2O3/c10-9(11,14-6-8(12)13)7-4-2-1-3-5-7/h1-5H,6H2,(H,12,13). The van der Waals surface area contributed by atoms with Gasteiger partial charge in [0.15, 0.2) is 6.61 Å². The molecular weight excluding hydrogens is 194 g/mol. The van der Waals surface area contributed by atoms with Crippen molar-refractivity contribution in [2.24, 2.45) is 0 Å². The molecule has 1 aromatic rings. The second-order valence-corrected chi connectivity index (χ2v) is 2.57. The summed E-state index contributed by atoms with van der Waals surface area (Å²) >= 11 is 0. The fraction of sp³-hybridized carbons (Fsp3) is 0.222. The first-order valence-electron chi connectivity index (χ1n) is 3.81. The van der Waals surface area contributed by atoms with Crippen molar-refractivity contribution in [1.82, 2.24) is 0 Å². The van der Waals surface area contributed by atoms with E-state index in [-0.39, 0.29) is 5.56 Å². The summed E-state index contributed by atoms with van der Waals surface area (Å²) < 4.78 is 30.0. The minimum atomic E-state index is -3.56. The Morgan fingerprint density at radius 2 is 1.93 bits per heavy atom. The van der Waals surface area contributed by atoms with Gasteiger partial charge in [-0.1, -0.05) is 30.3 Å². The van der Waals surface area contributed by atoms with Crippen LogP contribution >= 0.6 is 0 Å². The zero-order chi connectivity index (χ0) is 10.6. The highest BCUT2D eigenvalue weighted by Crippen LogP contribution is 2.28. The van der Waals surface area contributed by atoms with Crippen LogP contribution in [0.2, 0.25) is 0 Å². The molecule has 0 atom stereocenters. The fourth-order valence-corrected chi connectivity index (χ4v) is 0.868. The second-order valence-electron chi connectivity index (χ2n) is 2.57. The van der Waals surface area contributed by atoms with Crippen molar-refractivity contribution in [3.8, 4) is 0 Å². The van der Waals surface area contributed by atoms with Crippen molar-refractivity contribution in [2.75, 3.05) is 6.61 Å². The van der Waals surface area contributed by atoms with Crippen LogP contribution < -0.4 is 0 Å². The zero-order valence-electron chi connectivity index (χ0n) is 7.11. The van der Waals surface area contributed by atoms with E-state index in [2.05, 4.69) is 4.74 Å². The van der Waals surface area contributed by atoms with Crippen molar-refractivity contribution < 1.29 is 23.4 Å². The SMILES string of the molecule is O=C(O)COC(F)(F)c1ccccc1. The molecule has 0 heterocycles. The maximum absolute atomic E-state index is 13.0. The average molecular weight is 202 g/mol. The van der Waals surface area contributed by atoms with Crippen LogP contribution in [0.25, 0.3) is 0 Å². The molecule has 14 heavy (non-hydrogen) atoms. The minimum absolute atomic E-state index is 0.360. The number of carboxylic acid groups (broad SMARTS) is 1. The topological polar surface area (TPSA) is 46.5 Å². The number of carbonyl (C=O) groups is 1. The molecule has 1 N–H and O–H groups in total. The van der Waals surface area contributed by atoms with Crippen LogP contribution in [0.4, 0.5) is 8.78 Å². The Labute approximate surface area is 78.9 Å². The molecule has 0 aliphatic rings. The van der Waals surface area contributed by atoms with Crippen molar-refractivity contribution >= 4 is 5.97 Å². The first-order chi connectivity index (χ1) is 6.52. The van der Waals surface area contributed by atoms with Gasteiger partial charge in [0.2, 0.25) is 0 Å². The molecule has 0 aliphatic carbocycles. The quantitative estimate of drug-likeness (QED) is 0.810. The van der Waals surface area contributed by atoms with E-state index in [1.165, 1.54) is 24.3 Å².